The molecule has 0 heterocycles. The zero-order chi connectivity index (χ0) is 19.5. The van der Waals surface area contributed by atoms with Crippen molar-refractivity contribution in [1.82, 2.24) is 5.32 Å². The number of carbonyl (C=O) groups is 1. The Morgan fingerprint density at radius 2 is 1.42 bits per heavy atom. The highest BCUT2D eigenvalue weighted by Crippen LogP contribution is 2.10. The molecule has 0 aromatic rings. The lowest BCUT2D eigenvalue weighted by Gasteiger charge is -2.20. The minimum atomic E-state index is -0.825. The van der Waals surface area contributed by atoms with E-state index in [1.807, 2.05) is 6.08 Å². The number of unbranched alkanes of at least 4 members (excludes halogenated alkanes) is 11. The van der Waals surface area contributed by atoms with Gasteiger partial charge in [-0.2, -0.15) is 0 Å². The summed E-state index contributed by atoms with van der Waals surface area (Å²) in [6, 6.07) is -0.608. The zero-order valence-corrected chi connectivity index (χ0v) is 17.2. The van der Waals surface area contributed by atoms with Gasteiger partial charge in [-0.1, -0.05) is 90.2 Å². The molecule has 0 fully saturated rings. The molecule has 0 saturated heterocycles. The van der Waals surface area contributed by atoms with Crippen molar-refractivity contribution in [1.29, 1.82) is 0 Å². The van der Waals surface area contributed by atoms with Gasteiger partial charge in [0.1, 0.15) is 0 Å². The molecule has 0 radical (unpaired) electrons. The Labute approximate surface area is 161 Å². The van der Waals surface area contributed by atoms with E-state index in [0.29, 0.717) is 6.42 Å². The number of carbonyl (C=O) groups excluding carboxylic acids is 1. The van der Waals surface area contributed by atoms with E-state index in [-0.39, 0.29) is 12.5 Å². The summed E-state index contributed by atoms with van der Waals surface area (Å²) in [5, 5.41) is 22.3. The smallest absolute Gasteiger partial charge is 0.220 e. The molecule has 0 unspecified atom stereocenters. The fourth-order valence-corrected chi connectivity index (χ4v) is 3.00. The Bertz CT molecular complexity index is 344. The van der Waals surface area contributed by atoms with Crippen LogP contribution in [0.4, 0.5) is 0 Å². The molecular weight excluding hydrogens is 326 g/mol. The maximum atomic E-state index is 12.0. The van der Waals surface area contributed by atoms with E-state index < -0.39 is 12.1 Å². The second-order valence-corrected chi connectivity index (χ2v) is 7.35. The first-order chi connectivity index (χ1) is 12.7. The van der Waals surface area contributed by atoms with Crippen molar-refractivity contribution in [2.45, 2.75) is 116 Å². The van der Waals surface area contributed by atoms with Gasteiger partial charge in [0.2, 0.25) is 5.91 Å². The van der Waals surface area contributed by atoms with E-state index in [4.69, 9.17) is 0 Å². The lowest BCUT2D eigenvalue weighted by molar-refractivity contribution is -0.123. The summed E-state index contributed by atoms with van der Waals surface area (Å²) in [4.78, 5) is 12.0. The van der Waals surface area contributed by atoms with Crippen LogP contribution < -0.4 is 5.32 Å². The van der Waals surface area contributed by atoms with Gasteiger partial charge >= 0.3 is 0 Å². The third-order valence-corrected chi connectivity index (χ3v) is 4.77. The fraction of sp³-hybridized carbons (Fsp3) is 0.864. The van der Waals surface area contributed by atoms with Gasteiger partial charge in [-0.25, -0.2) is 0 Å². The first kappa shape index (κ1) is 25.1. The van der Waals surface area contributed by atoms with Gasteiger partial charge in [0.15, 0.2) is 0 Å². The molecule has 0 aliphatic carbocycles. The van der Waals surface area contributed by atoms with E-state index in [1.165, 1.54) is 57.8 Å². The van der Waals surface area contributed by atoms with Crippen LogP contribution in [-0.4, -0.2) is 34.9 Å². The van der Waals surface area contributed by atoms with Gasteiger partial charge in [0, 0.05) is 6.42 Å². The highest BCUT2D eigenvalue weighted by Gasteiger charge is 2.17. The first-order valence-electron chi connectivity index (χ1n) is 10.9. The van der Waals surface area contributed by atoms with Crippen LogP contribution in [0, 0.1) is 0 Å². The first-order valence-corrected chi connectivity index (χ1v) is 10.9. The molecule has 0 aromatic carbocycles. The van der Waals surface area contributed by atoms with E-state index >= 15 is 0 Å². The van der Waals surface area contributed by atoms with Crippen molar-refractivity contribution < 1.29 is 15.0 Å². The SMILES string of the molecule is CCCCCC/C=C/[C@@H](O)[C@H](CO)NC(=O)CCCCCCCCCC. The summed E-state index contributed by atoms with van der Waals surface area (Å²) < 4.78 is 0. The van der Waals surface area contributed by atoms with E-state index in [9.17, 15) is 15.0 Å². The predicted octanol–water partition coefficient (Wildman–Crippen LogP) is 4.88. The third-order valence-electron chi connectivity index (χ3n) is 4.77. The Hall–Kier alpha value is -0.870. The number of hydrogen-bond acceptors (Lipinski definition) is 3. The molecule has 3 N–H and O–H groups in total. The average molecular weight is 370 g/mol. The number of amides is 1. The summed E-state index contributed by atoms with van der Waals surface area (Å²) in [5.41, 5.74) is 0. The molecule has 0 aromatic heterocycles. The molecule has 2 atom stereocenters. The van der Waals surface area contributed by atoms with Gasteiger partial charge < -0.3 is 15.5 Å². The molecule has 4 heteroatoms. The second-order valence-electron chi connectivity index (χ2n) is 7.35. The molecule has 4 nitrogen and oxygen atoms in total. The average Bonchev–Trinajstić information content (AvgIpc) is 2.64. The maximum absolute atomic E-state index is 12.0. The highest BCUT2D eigenvalue weighted by atomic mass is 16.3. The largest absolute Gasteiger partial charge is 0.394 e. The number of hydrogen-bond donors (Lipinski definition) is 3. The van der Waals surface area contributed by atoms with Crippen LogP contribution in [0.3, 0.4) is 0 Å². The van der Waals surface area contributed by atoms with Crippen LogP contribution in [-0.2, 0) is 4.79 Å². The summed E-state index contributed by atoms with van der Waals surface area (Å²) in [7, 11) is 0. The summed E-state index contributed by atoms with van der Waals surface area (Å²) in [6.45, 7) is 4.16. The zero-order valence-electron chi connectivity index (χ0n) is 17.2. The Balaban J connectivity index is 3.81. The number of aliphatic hydroxyl groups excluding tert-OH is 2. The topological polar surface area (TPSA) is 69.6 Å². The van der Waals surface area contributed by atoms with Crippen molar-refractivity contribution in [3.8, 4) is 0 Å². The predicted molar refractivity (Wildman–Crippen MR) is 110 cm³/mol. The van der Waals surface area contributed by atoms with Crippen molar-refractivity contribution in [3.05, 3.63) is 12.2 Å². The lowest BCUT2D eigenvalue weighted by atomic mass is 10.1. The van der Waals surface area contributed by atoms with Crippen molar-refractivity contribution >= 4 is 5.91 Å². The molecule has 0 aliphatic rings. The standard InChI is InChI=1S/C22H43NO3/c1-3-5-7-9-11-12-14-16-18-22(26)23-20(19-24)21(25)17-15-13-10-8-6-4-2/h15,17,20-21,24-25H,3-14,16,18-19H2,1-2H3,(H,23,26)/b17-15+/t20-,21+/m0/s1. The molecule has 0 aliphatic heterocycles. The van der Waals surface area contributed by atoms with Crippen LogP contribution in [0.2, 0.25) is 0 Å². The molecule has 0 saturated carbocycles. The van der Waals surface area contributed by atoms with E-state index in [0.717, 1.165) is 25.7 Å². The van der Waals surface area contributed by atoms with Crippen molar-refractivity contribution in [2.24, 2.45) is 0 Å². The molecule has 26 heavy (non-hydrogen) atoms. The van der Waals surface area contributed by atoms with Crippen LogP contribution in [0.15, 0.2) is 12.2 Å². The van der Waals surface area contributed by atoms with Gasteiger partial charge in [-0.15, -0.1) is 0 Å². The van der Waals surface area contributed by atoms with Gasteiger partial charge in [0.05, 0.1) is 18.8 Å². The normalized spacial score (nSPS) is 13.8. The van der Waals surface area contributed by atoms with Crippen molar-refractivity contribution in [2.75, 3.05) is 6.61 Å². The Morgan fingerprint density at radius 1 is 0.885 bits per heavy atom. The summed E-state index contributed by atoms with van der Waals surface area (Å²) in [6.07, 6.45) is 18.6. The van der Waals surface area contributed by atoms with Crippen LogP contribution in [0.25, 0.3) is 0 Å². The molecule has 0 bridgehead atoms. The molecule has 1 amide bonds. The third kappa shape index (κ3) is 15.4. The summed E-state index contributed by atoms with van der Waals surface area (Å²) >= 11 is 0. The van der Waals surface area contributed by atoms with Crippen LogP contribution in [0.1, 0.15) is 104 Å². The Morgan fingerprint density at radius 3 is 2.00 bits per heavy atom. The number of allylic oxidation sites excluding steroid dienone is 1. The van der Waals surface area contributed by atoms with Crippen molar-refractivity contribution in [3.63, 3.8) is 0 Å². The van der Waals surface area contributed by atoms with Gasteiger partial charge in [-0.3, -0.25) is 4.79 Å². The Kier molecular flexibility index (Phi) is 18.3. The lowest BCUT2D eigenvalue weighted by Crippen LogP contribution is -2.45. The van der Waals surface area contributed by atoms with E-state index in [2.05, 4.69) is 19.2 Å². The second kappa shape index (κ2) is 18.9. The fourth-order valence-electron chi connectivity index (χ4n) is 3.00. The minimum Gasteiger partial charge on any atom is -0.394 e. The molecule has 0 spiro atoms. The molecule has 154 valence electrons. The van der Waals surface area contributed by atoms with Gasteiger partial charge in [0.25, 0.3) is 0 Å². The molecular formula is C22H43NO3. The maximum Gasteiger partial charge on any atom is 0.220 e. The quantitative estimate of drug-likeness (QED) is 0.238. The monoisotopic (exact) mass is 369 g/mol. The summed E-state index contributed by atoms with van der Waals surface area (Å²) in [5.74, 6) is -0.0783. The van der Waals surface area contributed by atoms with Crippen LogP contribution in [0.5, 0.6) is 0 Å². The molecule has 0 rings (SSSR count). The number of aliphatic hydroxyl groups is 2. The number of nitrogens with one attached hydrogen (secondary N) is 1. The van der Waals surface area contributed by atoms with Crippen LogP contribution >= 0.6 is 0 Å². The number of rotatable bonds is 18. The minimum absolute atomic E-state index is 0.0783. The van der Waals surface area contributed by atoms with Gasteiger partial charge in [-0.05, 0) is 19.3 Å². The highest BCUT2D eigenvalue weighted by molar-refractivity contribution is 5.76. The van der Waals surface area contributed by atoms with E-state index in [1.54, 1.807) is 6.08 Å².